The molecule has 0 aliphatic carbocycles. The van der Waals surface area contributed by atoms with Gasteiger partial charge in [0.15, 0.2) is 0 Å². The van der Waals surface area contributed by atoms with Crippen LogP contribution in [0, 0.1) is 0 Å². The molecule has 0 saturated carbocycles. The molecule has 0 aromatic heterocycles. The molecular formula is C20H22ClN3O2. The van der Waals surface area contributed by atoms with Crippen LogP contribution in [0.15, 0.2) is 53.6 Å². The van der Waals surface area contributed by atoms with E-state index in [1.807, 2.05) is 24.3 Å². The predicted molar refractivity (Wildman–Crippen MR) is 106 cm³/mol. The van der Waals surface area contributed by atoms with Crippen LogP contribution in [0.25, 0.3) is 0 Å². The highest BCUT2D eigenvalue weighted by molar-refractivity contribution is 6.33. The molecule has 0 spiro atoms. The molecule has 0 aliphatic heterocycles. The van der Waals surface area contributed by atoms with Crippen molar-refractivity contribution in [2.45, 2.75) is 32.6 Å². The first-order valence-electron chi connectivity index (χ1n) is 8.22. The molecule has 26 heavy (non-hydrogen) atoms. The minimum atomic E-state index is -0.503. The molecule has 0 radical (unpaired) electrons. The number of hydrogen-bond acceptors (Lipinski definition) is 3. The molecule has 2 amide bonds. The fourth-order valence-electron chi connectivity index (χ4n) is 2.19. The SMILES string of the molecule is CC(C)(C)c1ccc(C=NNC(=O)CC(=O)Nc2ccccc2Cl)cc1. The maximum atomic E-state index is 11.9. The number of hydrogen-bond donors (Lipinski definition) is 2. The Bertz CT molecular complexity index is 809. The third-order valence-corrected chi connectivity index (χ3v) is 3.98. The molecule has 0 saturated heterocycles. The molecule has 136 valence electrons. The normalized spacial score (nSPS) is 11.4. The summed E-state index contributed by atoms with van der Waals surface area (Å²) >= 11 is 5.96. The van der Waals surface area contributed by atoms with E-state index in [2.05, 4.69) is 36.6 Å². The van der Waals surface area contributed by atoms with Crippen molar-refractivity contribution >= 4 is 35.3 Å². The molecular weight excluding hydrogens is 350 g/mol. The second kappa shape index (κ2) is 8.63. The number of amides is 2. The molecule has 0 bridgehead atoms. The fraction of sp³-hybridized carbons (Fsp3) is 0.250. The monoisotopic (exact) mass is 371 g/mol. The predicted octanol–water partition coefficient (Wildman–Crippen LogP) is 4.12. The van der Waals surface area contributed by atoms with Gasteiger partial charge in [0.05, 0.1) is 16.9 Å². The summed E-state index contributed by atoms with van der Waals surface area (Å²) < 4.78 is 0. The van der Waals surface area contributed by atoms with Gasteiger partial charge in [-0.05, 0) is 28.7 Å². The Morgan fingerprint density at radius 3 is 2.31 bits per heavy atom. The van der Waals surface area contributed by atoms with Crippen molar-refractivity contribution in [3.8, 4) is 0 Å². The molecule has 6 heteroatoms. The Hall–Kier alpha value is -2.66. The zero-order valence-electron chi connectivity index (χ0n) is 15.0. The van der Waals surface area contributed by atoms with Gasteiger partial charge in [-0.3, -0.25) is 9.59 Å². The first-order chi connectivity index (χ1) is 12.3. The quantitative estimate of drug-likeness (QED) is 0.471. The molecule has 2 aromatic carbocycles. The average Bonchev–Trinajstić information content (AvgIpc) is 2.56. The zero-order valence-corrected chi connectivity index (χ0v) is 15.8. The fourth-order valence-corrected chi connectivity index (χ4v) is 2.37. The number of rotatable bonds is 5. The van der Waals surface area contributed by atoms with Crippen LogP contribution in [-0.2, 0) is 15.0 Å². The molecule has 5 nitrogen and oxygen atoms in total. The van der Waals surface area contributed by atoms with E-state index in [1.165, 1.54) is 11.8 Å². The van der Waals surface area contributed by atoms with Gasteiger partial charge < -0.3 is 5.32 Å². The van der Waals surface area contributed by atoms with Gasteiger partial charge in [0, 0.05) is 0 Å². The molecule has 2 rings (SSSR count). The van der Waals surface area contributed by atoms with Crippen LogP contribution in [0.1, 0.15) is 38.3 Å². The summed E-state index contributed by atoms with van der Waals surface area (Å²) in [5.74, 6) is -0.961. The maximum absolute atomic E-state index is 11.9. The lowest BCUT2D eigenvalue weighted by molar-refractivity contribution is -0.126. The van der Waals surface area contributed by atoms with Crippen molar-refractivity contribution in [2.75, 3.05) is 5.32 Å². The van der Waals surface area contributed by atoms with Crippen molar-refractivity contribution in [3.63, 3.8) is 0 Å². The highest BCUT2D eigenvalue weighted by Crippen LogP contribution is 2.22. The van der Waals surface area contributed by atoms with Crippen molar-refractivity contribution in [3.05, 3.63) is 64.7 Å². The summed E-state index contributed by atoms with van der Waals surface area (Å²) in [4.78, 5) is 23.6. The summed E-state index contributed by atoms with van der Waals surface area (Å²) in [7, 11) is 0. The van der Waals surface area contributed by atoms with E-state index >= 15 is 0 Å². The van der Waals surface area contributed by atoms with Gasteiger partial charge in [0.2, 0.25) is 11.8 Å². The zero-order chi connectivity index (χ0) is 19.2. The van der Waals surface area contributed by atoms with Crippen molar-refractivity contribution < 1.29 is 9.59 Å². The largest absolute Gasteiger partial charge is 0.324 e. The van der Waals surface area contributed by atoms with E-state index in [1.54, 1.807) is 24.3 Å². The Kier molecular flexibility index (Phi) is 6.52. The Balaban J connectivity index is 1.83. The minimum Gasteiger partial charge on any atom is -0.324 e. The van der Waals surface area contributed by atoms with E-state index in [0.717, 1.165) is 5.56 Å². The van der Waals surface area contributed by atoms with Crippen LogP contribution >= 0.6 is 11.6 Å². The van der Waals surface area contributed by atoms with Crippen molar-refractivity contribution in [1.29, 1.82) is 0 Å². The molecule has 2 N–H and O–H groups in total. The van der Waals surface area contributed by atoms with Gasteiger partial charge in [0.1, 0.15) is 6.42 Å². The number of para-hydroxylation sites is 1. The number of hydrazone groups is 1. The van der Waals surface area contributed by atoms with E-state index in [0.29, 0.717) is 10.7 Å². The van der Waals surface area contributed by atoms with Gasteiger partial charge >= 0.3 is 0 Å². The lowest BCUT2D eigenvalue weighted by Crippen LogP contribution is -2.24. The molecule has 0 unspecified atom stereocenters. The second-order valence-electron chi connectivity index (χ2n) is 6.87. The molecule has 0 atom stereocenters. The van der Waals surface area contributed by atoms with Crippen LogP contribution < -0.4 is 10.7 Å². The van der Waals surface area contributed by atoms with Crippen LogP contribution in [0.3, 0.4) is 0 Å². The first-order valence-corrected chi connectivity index (χ1v) is 8.60. The molecule has 0 fully saturated rings. The van der Waals surface area contributed by atoms with Gasteiger partial charge in [-0.2, -0.15) is 5.10 Å². The van der Waals surface area contributed by atoms with E-state index in [4.69, 9.17) is 11.6 Å². The maximum Gasteiger partial charge on any atom is 0.249 e. The summed E-state index contributed by atoms with van der Waals surface area (Å²) in [5.41, 5.74) is 4.97. The Labute approximate surface area is 158 Å². The van der Waals surface area contributed by atoms with E-state index < -0.39 is 11.8 Å². The van der Waals surface area contributed by atoms with Crippen molar-refractivity contribution in [1.82, 2.24) is 5.43 Å². The number of nitrogens with one attached hydrogen (secondary N) is 2. The minimum absolute atomic E-state index is 0.0822. The molecule has 2 aromatic rings. The number of anilines is 1. The summed E-state index contributed by atoms with van der Waals surface area (Å²) in [6, 6.07) is 14.7. The number of carbonyl (C=O) groups is 2. The van der Waals surface area contributed by atoms with Gasteiger partial charge in [-0.15, -0.1) is 0 Å². The van der Waals surface area contributed by atoms with Crippen LogP contribution in [-0.4, -0.2) is 18.0 Å². The Morgan fingerprint density at radius 2 is 1.69 bits per heavy atom. The summed E-state index contributed by atoms with van der Waals surface area (Å²) in [5, 5.41) is 6.88. The molecule has 0 heterocycles. The Morgan fingerprint density at radius 1 is 1.04 bits per heavy atom. The average molecular weight is 372 g/mol. The van der Waals surface area contributed by atoms with Crippen molar-refractivity contribution in [2.24, 2.45) is 5.10 Å². The van der Waals surface area contributed by atoms with Gasteiger partial charge in [0.25, 0.3) is 0 Å². The highest BCUT2D eigenvalue weighted by Gasteiger charge is 2.13. The standard InChI is InChI=1S/C20H22ClN3O2/c1-20(2,3)15-10-8-14(9-11-15)13-22-24-19(26)12-18(25)23-17-7-5-4-6-16(17)21/h4-11,13H,12H2,1-3H3,(H,23,25)(H,24,26). The summed E-state index contributed by atoms with van der Waals surface area (Å²) in [6.07, 6.45) is 1.20. The smallest absolute Gasteiger partial charge is 0.249 e. The third-order valence-electron chi connectivity index (χ3n) is 3.65. The van der Waals surface area contributed by atoms with E-state index in [9.17, 15) is 9.59 Å². The number of nitrogens with zero attached hydrogens (tertiary/aromatic N) is 1. The first kappa shape index (κ1) is 19.7. The van der Waals surface area contributed by atoms with Crippen LogP contribution in [0.5, 0.6) is 0 Å². The van der Waals surface area contributed by atoms with E-state index in [-0.39, 0.29) is 11.8 Å². The highest BCUT2D eigenvalue weighted by atomic mass is 35.5. The number of carbonyl (C=O) groups excluding carboxylic acids is 2. The third kappa shape index (κ3) is 6.01. The number of benzene rings is 2. The molecule has 0 aliphatic rings. The topological polar surface area (TPSA) is 70.6 Å². The lowest BCUT2D eigenvalue weighted by Gasteiger charge is -2.18. The summed E-state index contributed by atoms with van der Waals surface area (Å²) in [6.45, 7) is 6.43. The second-order valence-corrected chi connectivity index (χ2v) is 7.28. The van der Waals surface area contributed by atoms with Crippen LogP contribution in [0.4, 0.5) is 5.69 Å². The lowest BCUT2D eigenvalue weighted by atomic mass is 9.87. The van der Waals surface area contributed by atoms with Gasteiger partial charge in [-0.25, -0.2) is 5.43 Å². The number of halogens is 1. The van der Waals surface area contributed by atoms with Crippen LogP contribution in [0.2, 0.25) is 5.02 Å². The van der Waals surface area contributed by atoms with Gasteiger partial charge in [-0.1, -0.05) is 68.8 Å².